The van der Waals surface area contributed by atoms with Crippen molar-refractivity contribution in [3.05, 3.63) is 101 Å². The average Bonchev–Trinajstić information content (AvgIpc) is 3.76. The average molecular weight is 632 g/mol. The van der Waals surface area contributed by atoms with Gasteiger partial charge in [-0.25, -0.2) is 32.9 Å². The van der Waals surface area contributed by atoms with Crippen LogP contribution in [0.2, 0.25) is 0 Å². The van der Waals surface area contributed by atoms with Gasteiger partial charge in [-0.2, -0.15) is 0 Å². The summed E-state index contributed by atoms with van der Waals surface area (Å²) in [4.78, 5) is 27.0. The predicted octanol–water partition coefficient (Wildman–Crippen LogP) is 6.61. The van der Waals surface area contributed by atoms with E-state index in [0.717, 1.165) is 33.3 Å². The molecule has 0 radical (unpaired) electrons. The maximum atomic E-state index is 15.5. The van der Waals surface area contributed by atoms with Crippen LogP contribution in [-0.2, 0) is 24.3 Å². The van der Waals surface area contributed by atoms with Crippen LogP contribution >= 0.6 is 22.9 Å². The van der Waals surface area contributed by atoms with Crippen molar-refractivity contribution in [3.63, 3.8) is 0 Å². The quantitative estimate of drug-likeness (QED) is 0.180. The highest BCUT2D eigenvalue weighted by Crippen LogP contribution is 2.31. The van der Waals surface area contributed by atoms with Crippen molar-refractivity contribution in [1.82, 2.24) is 23.9 Å². The number of benzene rings is 2. The van der Waals surface area contributed by atoms with Crippen LogP contribution in [-0.4, -0.2) is 47.7 Å². The molecule has 1 fully saturated rings. The third-order valence-electron chi connectivity index (χ3n) is 7.32. The van der Waals surface area contributed by atoms with Gasteiger partial charge in [0.25, 0.3) is 0 Å². The Kier molecular flexibility index (Phi) is 7.58. The standard InChI is InChI=1S/C31H23F2N5O4S2/c32-21-13-20(23-2-1-3-29(37-23)42-16-30-34-14-27(43-30)26-6-8-35-44-26)22(33)10-18(21)12-28-36-24-5-4-17(31(39)40)11-25(24)38(28)15-19-7-9-41-19/h1-6,8,10-11,13-14,19H,7,9,12,15-16H2,(H,39,40). The summed E-state index contributed by atoms with van der Waals surface area (Å²) in [6, 6.07) is 13.8. The first-order chi connectivity index (χ1) is 21.4. The number of hydrogen-bond donors (Lipinski definition) is 1. The molecule has 6 aromatic rings. The fourth-order valence-corrected chi connectivity index (χ4v) is 6.47. The Labute approximate surface area is 257 Å². The zero-order valence-electron chi connectivity index (χ0n) is 22.9. The Morgan fingerprint density at radius 3 is 2.75 bits per heavy atom. The second-order valence-electron chi connectivity index (χ2n) is 10.2. The molecule has 1 N–H and O–H groups in total. The van der Waals surface area contributed by atoms with Crippen molar-refractivity contribution in [2.24, 2.45) is 0 Å². The first-order valence-corrected chi connectivity index (χ1v) is 15.3. The second-order valence-corrected chi connectivity index (χ2v) is 12.1. The van der Waals surface area contributed by atoms with E-state index in [1.165, 1.54) is 28.9 Å². The summed E-state index contributed by atoms with van der Waals surface area (Å²) in [5.74, 6) is -1.57. The Balaban J connectivity index is 1.12. The minimum Gasteiger partial charge on any atom is -0.478 e. The molecule has 0 amide bonds. The number of rotatable bonds is 10. The third-order valence-corrected chi connectivity index (χ3v) is 9.23. The molecule has 13 heteroatoms. The molecule has 5 heterocycles. The molecule has 0 saturated carbocycles. The predicted molar refractivity (Wildman–Crippen MR) is 161 cm³/mol. The van der Waals surface area contributed by atoms with E-state index in [1.807, 2.05) is 10.6 Å². The Morgan fingerprint density at radius 1 is 1.09 bits per heavy atom. The van der Waals surface area contributed by atoms with Gasteiger partial charge >= 0.3 is 5.97 Å². The van der Waals surface area contributed by atoms with Gasteiger partial charge in [0, 0.05) is 37.1 Å². The lowest BCUT2D eigenvalue weighted by atomic mass is 10.0. The molecule has 1 unspecified atom stereocenters. The van der Waals surface area contributed by atoms with Gasteiger partial charge in [0.2, 0.25) is 5.88 Å². The van der Waals surface area contributed by atoms with Crippen LogP contribution in [0.3, 0.4) is 0 Å². The van der Waals surface area contributed by atoms with Gasteiger partial charge in [0.05, 0.1) is 44.7 Å². The number of aromatic carboxylic acids is 1. The van der Waals surface area contributed by atoms with Crippen LogP contribution in [0.15, 0.2) is 67.0 Å². The molecule has 9 nitrogen and oxygen atoms in total. The lowest BCUT2D eigenvalue weighted by Crippen LogP contribution is -2.31. The molecule has 2 aromatic carbocycles. The van der Waals surface area contributed by atoms with Crippen molar-refractivity contribution in [2.75, 3.05) is 6.61 Å². The number of carbonyl (C=O) groups is 1. The zero-order valence-corrected chi connectivity index (χ0v) is 24.6. The smallest absolute Gasteiger partial charge is 0.335 e. The Hall–Kier alpha value is -4.59. The molecule has 1 atom stereocenters. The third kappa shape index (κ3) is 5.68. The first-order valence-electron chi connectivity index (χ1n) is 13.7. The van der Waals surface area contributed by atoms with Gasteiger partial charge in [-0.3, -0.25) is 0 Å². The Morgan fingerprint density at radius 2 is 1.98 bits per heavy atom. The summed E-state index contributed by atoms with van der Waals surface area (Å²) in [6.45, 7) is 1.26. The molecule has 222 valence electrons. The summed E-state index contributed by atoms with van der Waals surface area (Å²) in [6.07, 6.45) is 4.30. The lowest BCUT2D eigenvalue weighted by molar-refractivity contribution is -0.0589. The van der Waals surface area contributed by atoms with Gasteiger partial charge in [0.1, 0.15) is 29.1 Å². The van der Waals surface area contributed by atoms with E-state index < -0.39 is 17.6 Å². The van der Waals surface area contributed by atoms with Crippen LogP contribution in [0.1, 0.15) is 33.2 Å². The summed E-state index contributed by atoms with van der Waals surface area (Å²) in [5.41, 5.74) is 1.63. The Bertz CT molecular complexity index is 1990. The van der Waals surface area contributed by atoms with Gasteiger partial charge in [-0.1, -0.05) is 6.07 Å². The van der Waals surface area contributed by atoms with E-state index >= 15 is 8.78 Å². The minimum absolute atomic E-state index is 0.000748. The highest BCUT2D eigenvalue weighted by atomic mass is 32.1. The van der Waals surface area contributed by atoms with Crippen molar-refractivity contribution >= 4 is 39.9 Å². The van der Waals surface area contributed by atoms with E-state index in [4.69, 9.17) is 9.47 Å². The van der Waals surface area contributed by atoms with Crippen molar-refractivity contribution in [2.45, 2.75) is 32.1 Å². The number of hydrogen-bond acceptors (Lipinski definition) is 9. The van der Waals surface area contributed by atoms with E-state index in [2.05, 4.69) is 19.3 Å². The lowest BCUT2D eigenvalue weighted by Gasteiger charge is -2.27. The molecule has 1 aliphatic rings. The topological polar surface area (TPSA) is 112 Å². The molecule has 0 aliphatic carbocycles. The van der Waals surface area contributed by atoms with Crippen molar-refractivity contribution in [3.8, 4) is 26.9 Å². The number of thiazole rings is 1. The van der Waals surface area contributed by atoms with Gasteiger partial charge in [0.15, 0.2) is 0 Å². The second kappa shape index (κ2) is 11.8. The van der Waals surface area contributed by atoms with Crippen LogP contribution in [0, 0.1) is 11.6 Å². The van der Waals surface area contributed by atoms with E-state index in [1.54, 1.807) is 42.7 Å². The highest BCUT2D eigenvalue weighted by Gasteiger charge is 2.24. The fraction of sp³-hybridized carbons (Fsp3) is 0.194. The van der Waals surface area contributed by atoms with Gasteiger partial charge in [-0.05, 0) is 66.0 Å². The zero-order chi connectivity index (χ0) is 30.2. The van der Waals surface area contributed by atoms with Gasteiger partial charge in [-0.15, -0.1) is 11.3 Å². The number of ether oxygens (including phenoxy) is 2. The van der Waals surface area contributed by atoms with E-state index in [0.29, 0.717) is 30.0 Å². The summed E-state index contributed by atoms with van der Waals surface area (Å²) < 4.78 is 48.4. The molecular weight excluding hydrogens is 609 g/mol. The van der Waals surface area contributed by atoms with Gasteiger partial charge < -0.3 is 19.1 Å². The molecule has 0 bridgehead atoms. The molecule has 1 saturated heterocycles. The van der Waals surface area contributed by atoms with Crippen LogP contribution in [0.25, 0.3) is 32.0 Å². The molecule has 7 rings (SSSR count). The monoisotopic (exact) mass is 631 g/mol. The normalized spacial score (nSPS) is 14.5. The number of pyridine rings is 1. The highest BCUT2D eigenvalue weighted by molar-refractivity contribution is 7.19. The number of carboxylic acid groups (broad SMARTS) is 1. The fourth-order valence-electron chi connectivity index (χ4n) is 4.98. The van der Waals surface area contributed by atoms with Crippen LogP contribution < -0.4 is 4.74 Å². The molecular formula is C31H23F2N5O4S2. The first kappa shape index (κ1) is 28.2. The number of halogens is 2. The maximum absolute atomic E-state index is 15.5. The van der Waals surface area contributed by atoms with E-state index in [9.17, 15) is 9.90 Å². The van der Waals surface area contributed by atoms with E-state index in [-0.39, 0.29) is 47.4 Å². The van der Waals surface area contributed by atoms with Crippen LogP contribution in [0.5, 0.6) is 5.88 Å². The largest absolute Gasteiger partial charge is 0.478 e. The van der Waals surface area contributed by atoms with Crippen molar-refractivity contribution in [1.29, 1.82) is 0 Å². The summed E-state index contributed by atoms with van der Waals surface area (Å²) >= 11 is 2.87. The number of carboxylic acids is 1. The molecule has 0 spiro atoms. The number of fused-ring (bicyclic) bond motifs is 1. The molecule has 4 aromatic heterocycles. The molecule has 44 heavy (non-hydrogen) atoms. The number of imidazole rings is 1. The minimum atomic E-state index is -1.06. The number of aromatic nitrogens is 5. The SMILES string of the molecule is O=C(O)c1ccc2nc(Cc3cc(F)c(-c4cccc(OCc5ncc(-c6ccns6)s5)n4)cc3F)n(CC3CCO3)c2c1. The maximum Gasteiger partial charge on any atom is 0.335 e. The van der Waals surface area contributed by atoms with Crippen molar-refractivity contribution < 1.29 is 28.2 Å². The number of nitrogens with zero attached hydrogens (tertiary/aromatic N) is 5. The summed E-state index contributed by atoms with van der Waals surface area (Å²) in [5, 5.41) is 10.2. The molecule has 1 aliphatic heterocycles. The van der Waals surface area contributed by atoms with Crippen LogP contribution in [0.4, 0.5) is 8.78 Å². The summed E-state index contributed by atoms with van der Waals surface area (Å²) in [7, 11) is 0.